The molecule has 2 rings (SSSR count). The third kappa shape index (κ3) is 2.22. The van der Waals surface area contributed by atoms with E-state index in [-0.39, 0.29) is 35.1 Å². The minimum Gasteiger partial charge on any atom is -0.394 e. The molecule has 5 heteroatoms. The van der Waals surface area contributed by atoms with Crippen LogP contribution in [0.25, 0.3) is 0 Å². The summed E-state index contributed by atoms with van der Waals surface area (Å²) in [4.78, 5) is 13.9. The van der Waals surface area contributed by atoms with Gasteiger partial charge in [-0.05, 0) is 24.5 Å². The maximum atomic E-state index is 13.3. The van der Waals surface area contributed by atoms with Gasteiger partial charge in [0.1, 0.15) is 5.82 Å². The average Bonchev–Trinajstić information content (AvgIpc) is 2.73. The quantitative estimate of drug-likeness (QED) is 0.897. The summed E-state index contributed by atoms with van der Waals surface area (Å²) in [5.74, 6) is -0.676. The third-order valence-electron chi connectivity index (χ3n) is 3.51. The van der Waals surface area contributed by atoms with Crippen molar-refractivity contribution in [1.82, 2.24) is 4.90 Å². The van der Waals surface area contributed by atoms with Gasteiger partial charge in [-0.15, -0.1) is 0 Å². The zero-order chi connectivity index (χ0) is 13.3. The summed E-state index contributed by atoms with van der Waals surface area (Å²) in [6.07, 6.45) is 0.837. The molecule has 1 aromatic rings. The fourth-order valence-corrected chi connectivity index (χ4v) is 2.57. The number of halogens is 2. The lowest BCUT2D eigenvalue weighted by molar-refractivity contribution is 0.0648. The summed E-state index contributed by atoms with van der Waals surface area (Å²) in [6.45, 7) is 2.47. The maximum Gasteiger partial charge on any atom is 0.255 e. The van der Waals surface area contributed by atoms with E-state index >= 15 is 0 Å². The highest BCUT2D eigenvalue weighted by Crippen LogP contribution is 2.28. The molecule has 2 unspecified atom stereocenters. The molecule has 18 heavy (non-hydrogen) atoms. The number of nitrogens with zero attached hydrogens (tertiary/aromatic N) is 1. The van der Waals surface area contributed by atoms with Gasteiger partial charge in [-0.1, -0.05) is 24.6 Å². The molecule has 2 atom stereocenters. The predicted octanol–water partition coefficient (Wildman–Crippen LogP) is 2.32. The fraction of sp³-hybridized carbons (Fsp3) is 0.462. The monoisotopic (exact) mass is 271 g/mol. The van der Waals surface area contributed by atoms with Crippen molar-refractivity contribution in [2.24, 2.45) is 5.92 Å². The topological polar surface area (TPSA) is 40.5 Å². The first-order valence-electron chi connectivity index (χ1n) is 5.92. The fourth-order valence-electron chi connectivity index (χ4n) is 2.36. The predicted molar refractivity (Wildman–Crippen MR) is 67.1 cm³/mol. The van der Waals surface area contributed by atoms with Gasteiger partial charge in [-0.25, -0.2) is 4.39 Å². The number of likely N-dealkylation sites (tertiary alicyclic amines) is 1. The first-order chi connectivity index (χ1) is 8.56. The van der Waals surface area contributed by atoms with E-state index in [1.54, 1.807) is 4.90 Å². The third-order valence-corrected chi connectivity index (χ3v) is 3.90. The molecule has 1 amide bonds. The molecule has 1 fully saturated rings. The second kappa shape index (κ2) is 5.24. The van der Waals surface area contributed by atoms with Gasteiger partial charge in [0.2, 0.25) is 0 Å². The largest absolute Gasteiger partial charge is 0.394 e. The van der Waals surface area contributed by atoms with E-state index in [9.17, 15) is 14.3 Å². The molecule has 0 aromatic heterocycles. The van der Waals surface area contributed by atoms with Crippen molar-refractivity contribution in [2.75, 3.05) is 13.2 Å². The lowest BCUT2D eigenvalue weighted by Crippen LogP contribution is -2.40. The Balaban J connectivity index is 2.29. The Morgan fingerprint density at radius 3 is 3.00 bits per heavy atom. The number of amides is 1. The number of rotatable bonds is 2. The van der Waals surface area contributed by atoms with Crippen molar-refractivity contribution in [3.63, 3.8) is 0 Å². The number of aliphatic hydroxyl groups excluding tert-OH is 1. The zero-order valence-corrected chi connectivity index (χ0v) is 10.8. The molecule has 3 nitrogen and oxygen atoms in total. The number of hydrogen-bond donors (Lipinski definition) is 1. The van der Waals surface area contributed by atoms with E-state index in [1.807, 2.05) is 6.92 Å². The molecule has 1 heterocycles. The van der Waals surface area contributed by atoms with Crippen LogP contribution in [0.2, 0.25) is 5.02 Å². The van der Waals surface area contributed by atoms with Gasteiger partial charge in [0.15, 0.2) is 0 Å². The molecule has 1 saturated heterocycles. The first-order valence-corrected chi connectivity index (χ1v) is 6.30. The number of aliphatic hydroxyl groups is 1. The highest BCUT2D eigenvalue weighted by Gasteiger charge is 2.35. The van der Waals surface area contributed by atoms with Crippen LogP contribution in [0.5, 0.6) is 0 Å². The molecule has 1 aliphatic rings. The summed E-state index contributed by atoms with van der Waals surface area (Å²) in [6, 6.07) is 3.97. The van der Waals surface area contributed by atoms with Crippen LogP contribution >= 0.6 is 11.6 Å². The van der Waals surface area contributed by atoms with Crippen LogP contribution < -0.4 is 0 Å². The van der Waals surface area contributed by atoms with Gasteiger partial charge >= 0.3 is 0 Å². The normalized spacial score (nSPS) is 23.4. The van der Waals surface area contributed by atoms with Crippen LogP contribution in [0.15, 0.2) is 18.2 Å². The Morgan fingerprint density at radius 1 is 1.61 bits per heavy atom. The van der Waals surface area contributed by atoms with Crippen molar-refractivity contribution >= 4 is 17.5 Å². The van der Waals surface area contributed by atoms with Crippen molar-refractivity contribution in [1.29, 1.82) is 0 Å². The first kappa shape index (κ1) is 13.3. The molecule has 98 valence electrons. The average molecular weight is 272 g/mol. The van der Waals surface area contributed by atoms with Crippen molar-refractivity contribution in [3.05, 3.63) is 34.6 Å². The van der Waals surface area contributed by atoms with Gasteiger partial charge in [-0.3, -0.25) is 4.79 Å². The summed E-state index contributed by atoms with van der Waals surface area (Å²) in [5, 5.41) is 9.17. The Morgan fingerprint density at radius 2 is 2.33 bits per heavy atom. The van der Waals surface area contributed by atoms with E-state index < -0.39 is 5.82 Å². The molecular weight excluding hydrogens is 257 g/mol. The van der Waals surface area contributed by atoms with Gasteiger partial charge in [-0.2, -0.15) is 0 Å². The zero-order valence-electron chi connectivity index (χ0n) is 10.1. The van der Waals surface area contributed by atoms with E-state index in [0.29, 0.717) is 6.54 Å². The molecule has 1 aromatic carbocycles. The van der Waals surface area contributed by atoms with Crippen LogP contribution in [0.1, 0.15) is 23.7 Å². The highest BCUT2D eigenvalue weighted by molar-refractivity contribution is 6.34. The van der Waals surface area contributed by atoms with Crippen LogP contribution in [0, 0.1) is 11.7 Å². The number of carbonyl (C=O) groups excluding carboxylic acids is 1. The summed E-state index contributed by atoms with van der Waals surface area (Å²) in [5.41, 5.74) is 0.157. The molecule has 0 radical (unpaired) electrons. The number of benzene rings is 1. The molecule has 0 aliphatic carbocycles. The van der Waals surface area contributed by atoms with E-state index in [0.717, 1.165) is 6.42 Å². The van der Waals surface area contributed by atoms with Crippen LogP contribution in [-0.2, 0) is 0 Å². The summed E-state index contributed by atoms with van der Waals surface area (Å²) in [7, 11) is 0. The van der Waals surface area contributed by atoms with Crippen molar-refractivity contribution in [2.45, 2.75) is 19.4 Å². The smallest absolute Gasteiger partial charge is 0.255 e. The van der Waals surface area contributed by atoms with Crippen molar-refractivity contribution in [3.8, 4) is 0 Å². The Labute approximate surface area is 110 Å². The molecule has 0 spiro atoms. The second-order valence-corrected chi connectivity index (χ2v) is 4.99. The molecule has 1 aliphatic heterocycles. The Kier molecular flexibility index (Phi) is 3.88. The van der Waals surface area contributed by atoms with E-state index in [1.165, 1.54) is 18.2 Å². The highest BCUT2D eigenvalue weighted by atomic mass is 35.5. The van der Waals surface area contributed by atoms with Gasteiger partial charge in [0.25, 0.3) is 5.91 Å². The van der Waals surface area contributed by atoms with Crippen LogP contribution in [-0.4, -0.2) is 35.1 Å². The number of carbonyl (C=O) groups is 1. The van der Waals surface area contributed by atoms with E-state index in [4.69, 9.17) is 11.6 Å². The summed E-state index contributed by atoms with van der Waals surface area (Å²) >= 11 is 5.81. The Bertz CT molecular complexity index is 466. The molecule has 1 N–H and O–H groups in total. The number of hydrogen-bond acceptors (Lipinski definition) is 2. The lowest BCUT2D eigenvalue weighted by Gasteiger charge is -2.25. The summed E-state index contributed by atoms with van der Waals surface area (Å²) < 4.78 is 13.3. The van der Waals surface area contributed by atoms with E-state index in [2.05, 4.69) is 0 Å². The molecule has 0 saturated carbocycles. The Hall–Kier alpha value is -1.13. The molecular formula is C13H15ClFNO2. The lowest BCUT2D eigenvalue weighted by atomic mass is 10.0. The standard InChI is InChI=1S/C13H15ClFNO2/c1-8-5-6-16(11(8)7-17)13(18)9-3-2-4-10(15)12(9)14/h2-4,8,11,17H,5-7H2,1H3. The minimum atomic E-state index is -0.602. The van der Waals surface area contributed by atoms with Gasteiger partial charge in [0.05, 0.1) is 23.2 Å². The van der Waals surface area contributed by atoms with Crippen LogP contribution in [0.3, 0.4) is 0 Å². The van der Waals surface area contributed by atoms with Crippen molar-refractivity contribution < 1.29 is 14.3 Å². The molecule has 0 bridgehead atoms. The second-order valence-electron chi connectivity index (χ2n) is 4.62. The SMILES string of the molecule is CC1CCN(C(=O)c2cccc(F)c2Cl)C1CO. The van der Waals surface area contributed by atoms with Gasteiger partial charge < -0.3 is 10.0 Å². The minimum absolute atomic E-state index is 0.0835. The van der Waals surface area contributed by atoms with Gasteiger partial charge in [0, 0.05) is 6.54 Å². The maximum absolute atomic E-state index is 13.3. The van der Waals surface area contributed by atoms with Crippen LogP contribution in [0.4, 0.5) is 4.39 Å².